The third kappa shape index (κ3) is 3.85. The molecule has 1 aliphatic rings. The number of nitrogens with two attached hydrogens (primary N) is 2. The standard InChI is InChI=1S/C18H24N6O2/c1-11(18(26)21-9-14-8-16(19)23-22-14)24-10-13(7-15(24)17(20)25)12-5-3-2-4-6-12/h2-6,8,11,13,15H,7,9-10H2,1H3,(H2,20,25)(H,21,26)(H3,19,22,23)/t11-,13?,15?/m0/s1. The average molecular weight is 356 g/mol. The minimum absolute atomic E-state index is 0.168. The first-order valence-electron chi connectivity index (χ1n) is 8.63. The Morgan fingerprint density at radius 2 is 2.12 bits per heavy atom. The summed E-state index contributed by atoms with van der Waals surface area (Å²) in [6.07, 6.45) is 0.619. The van der Waals surface area contributed by atoms with Gasteiger partial charge in [-0.05, 0) is 24.8 Å². The SMILES string of the molecule is C[C@@H](C(=O)NCc1cc(N)n[nH]1)N1CC(c2ccccc2)CC1C(N)=O. The van der Waals surface area contributed by atoms with Crippen LogP contribution in [0.4, 0.5) is 5.82 Å². The van der Waals surface area contributed by atoms with Crippen LogP contribution in [-0.2, 0) is 16.1 Å². The smallest absolute Gasteiger partial charge is 0.237 e. The molecule has 1 saturated heterocycles. The summed E-state index contributed by atoms with van der Waals surface area (Å²) in [6.45, 7) is 2.70. The number of hydrogen-bond acceptors (Lipinski definition) is 5. The van der Waals surface area contributed by atoms with E-state index in [1.807, 2.05) is 35.2 Å². The van der Waals surface area contributed by atoms with E-state index >= 15 is 0 Å². The summed E-state index contributed by atoms with van der Waals surface area (Å²) < 4.78 is 0. The number of primary amides is 1. The maximum atomic E-state index is 12.6. The van der Waals surface area contributed by atoms with Crippen LogP contribution in [0.2, 0.25) is 0 Å². The van der Waals surface area contributed by atoms with Gasteiger partial charge >= 0.3 is 0 Å². The third-order valence-electron chi connectivity index (χ3n) is 4.92. The molecule has 1 aromatic carbocycles. The van der Waals surface area contributed by atoms with Gasteiger partial charge in [0.2, 0.25) is 11.8 Å². The van der Waals surface area contributed by atoms with Crippen LogP contribution in [0.5, 0.6) is 0 Å². The number of nitrogen functional groups attached to an aromatic ring is 1. The molecule has 1 aromatic heterocycles. The van der Waals surface area contributed by atoms with Crippen LogP contribution in [0.25, 0.3) is 0 Å². The van der Waals surface area contributed by atoms with Gasteiger partial charge < -0.3 is 16.8 Å². The summed E-state index contributed by atoms with van der Waals surface area (Å²) in [4.78, 5) is 26.4. The van der Waals surface area contributed by atoms with Crippen molar-refractivity contribution in [1.82, 2.24) is 20.4 Å². The number of nitrogens with zero attached hydrogens (tertiary/aromatic N) is 2. The molecule has 0 bridgehead atoms. The topological polar surface area (TPSA) is 130 Å². The zero-order valence-corrected chi connectivity index (χ0v) is 14.7. The van der Waals surface area contributed by atoms with Crippen LogP contribution in [0, 0.1) is 0 Å². The lowest BCUT2D eigenvalue weighted by Crippen LogP contribution is -2.51. The average Bonchev–Trinajstić information content (AvgIpc) is 3.26. The van der Waals surface area contributed by atoms with E-state index in [4.69, 9.17) is 11.5 Å². The highest BCUT2D eigenvalue weighted by atomic mass is 16.2. The van der Waals surface area contributed by atoms with E-state index in [0.717, 1.165) is 11.3 Å². The van der Waals surface area contributed by atoms with Gasteiger partial charge in [0.15, 0.2) is 0 Å². The normalized spacial score (nSPS) is 21.4. The van der Waals surface area contributed by atoms with Gasteiger partial charge in [-0.25, -0.2) is 0 Å². The fraction of sp³-hybridized carbons (Fsp3) is 0.389. The lowest BCUT2D eigenvalue weighted by molar-refractivity contribution is -0.129. The van der Waals surface area contributed by atoms with Gasteiger partial charge in [0.25, 0.3) is 0 Å². The molecule has 1 aliphatic heterocycles. The molecule has 138 valence electrons. The molecule has 3 rings (SSSR count). The number of likely N-dealkylation sites (tertiary alicyclic amines) is 1. The second-order valence-electron chi connectivity index (χ2n) is 6.67. The van der Waals surface area contributed by atoms with Crippen molar-refractivity contribution in [2.24, 2.45) is 5.73 Å². The Morgan fingerprint density at radius 3 is 2.73 bits per heavy atom. The summed E-state index contributed by atoms with van der Waals surface area (Å²) >= 11 is 0. The van der Waals surface area contributed by atoms with Gasteiger partial charge in [0, 0.05) is 12.6 Å². The molecule has 0 radical (unpaired) electrons. The van der Waals surface area contributed by atoms with Gasteiger partial charge in [-0.15, -0.1) is 0 Å². The molecular formula is C18H24N6O2. The summed E-state index contributed by atoms with van der Waals surface area (Å²) in [6, 6.07) is 10.7. The van der Waals surface area contributed by atoms with E-state index < -0.39 is 18.0 Å². The van der Waals surface area contributed by atoms with Crippen LogP contribution in [-0.4, -0.2) is 45.5 Å². The fourth-order valence-electron chi connectivity index (χ4n) is 3.49. The van der Waals surface area contributed by atoms with Gasteiger partial charge in [-0.3, -0.25) is 19.6 Å². The van der Waals surface area contributed by atoms with Crippen LogP contribution < -0.4 is 16.8 Å². The van der Waals surface area contributed by atoms with E-state index in [1.54, 1.807) is 13.0 Å². The van der Waals surface area contributed by atoms with E-state index in [-0.39, 0.29) is 11.8 Å². The number of rotatable bonds is 6. The molecule has 2 unspecified atom stereocenters. The zero-order chi connectivity index (χ0) is 18.7. The Balaban J connectivity index is 1.66. The lowest BCUT2D eigenvalue weighted by Gasteiger charge is -2.27. The van der Waals surface area contributed by atoms with Crippen LogP contribution in [0.3, 0.4) is 0 Å². The Morgan fingerprint density at radius 1 is 1.38 bits per heavy atom. The Bertz CT molecular complexity index is 775. The number of aromatic amines is 1. The van der Waals surface area contributed by atoms with E-state index in [9.17, 15) is 9.59 Å². The number of anilines is 1. The van der Waals surface area contributed by atoms with E-state index in [1.165, 1.54) is 0 Å². The number of hydrogen-bond donors (Lipinski definition) is 4. The maximum absolute atomic E-state index is 12.6. The van der Waals surface area contributed by atoms with Gasteiger partial charge in [0.05, 0.1) is 24.3 Å². The Kier molecular flexibility index (Phi) is 5.22. The lowest BCUT2D eigenvalue weighted by atomic mass is 9.96. The van der Waals surface area contributed by atoms with Gasteiger partial charge in [-0.1, -0.05) is 30.3 Å². The Labute approximate surface area is 151 Å². The zero-order valence-electron chi connectivity index (χ0n) is 14.7. The minimum atomic E-state index is -0.471. The predicted molar refractivity (Wildman–Crippen MR) is 97.8 cm³/mol. The molecule has 2 heterocycles. The molecule has 8 heteroatoms. The molecular weight excluding hydrogens is 332 g/mol. The first-order valence-corrected chi connectivity index (χ1v) is 8.63. The number of aromatic nitrogens is 2. The molecule has 6 N–H and O–H groups in total. The van der Waals surface area contributed by atoms with Crippen molar-refractivity contribution in [2.75, 3.05) is 12.3 Å². The van der Waals surface area contributed by atoms with Crippen molar-refractivity contribution < 1.29 is 9.59 Å². The first kappa shape index (κ1) is 17.9. The summed E-state index contributed by atoms with van der Waals surface area (Å²) in [5.74, 6) is -0.0137. The summed E-state index contributed by atoms with van der Waals surface area (Å²) in [5.41, 5.74) is 13.0. The van der Waals surface area contributed by atoms with Crippen molar-refractivity contribution in [3.05, 3.63) is 47.7 Å². The molecule has 3 atom stereocenters. The first-order chi connectivity index (χ1) is 12.5. The van der Waals surface area contributed by atoms with Crippen molar-refractivity contribution in [2.45, 2.75) is 37.9 Å². The van der Waals surface area contributed by atoms with Gasteiger partial charge in [0.1, 0.15) is 5.82 Å². The molecule has 0 aliphatic carbocycles. The molecule has 2 amide bonds. The number of carbonyl (C=O) groups is 2. The highest BCUT2D eigenvalue weighted by Gasteiger charge is 2.40. The number of carbonyl (C=O) groups excluding carboxylic acids is 2. The molecule has 0 spiro atoms. The molecule has 1 fully saturated rings. The van der Waals surface area contributed by atoms with Crippen LogP contribution in [0.15, 0.2) is 36.4 Å². The molecule has 26 heavy (non-hydrogen) atoms. The Hall–Kier alpha value is -2.87. The molecule has 2 aromatic rings. The molecule has 8 nitrogen and oxygen atoms in total. The quantitative estimate of drug-likeness (QED) is 0.593. The van der Waals surface area contributed by atoms with Crippen molar-refractivity contribution in [1.29, 1.82) is 0 Å². The monoisotopic (exact) mass is 356 g/mol. The number of benzene rings is 1. The third-order valence-corrected chi connectivity index (χ3v) is 4.92. The van der Waals surface area contributed by atoms with E-state index in [2.05, 4.69) is 15.5 Å². The highest BCUT2D eigenvalue weighted by molar-refractivity contribution is 5.84. The number of H-pyrrole nitrogens is 1. The number of amides is 2. The van der Waals surface area contributed by atoms with Gasteiger partial charge in [-0.2, -0.15) is 5.10 Å². The van der Waals surface area contributed by atoms with Crippen molar-refractivity contribution in [3.8, 4) is 0 Å². The van der Waals surface area contributed by atoms with Crippen LogP contribution >= 0.6 is 0 Å². The maximum Gasteiger partial charge on any atom is 0.237 e. The fourth-order valence-corrected chi connectivity index (χ4v) is 3.49. The van der Waals surface area contributed by atoms with Crippen LogP contribution in [0.1, 0.15) is 30.5 Å². The summed E-state index contributed by atoms with van der Waals surface area (Å²) in [5, 5.41) is 9.42. The highest BCUT2D eigenvalue weighted by Crippen LogP contribution is 2.33. The predicted octanol–water partition coefficient (Wildman–Crippen LogP) is 0.340. The van der Waals surface area contributed by atoms with E-state index in [0.29, 0.717) is 25.3 Å². The molecule has 0 saturated carbocycles. The summed E-state index contributed by atoms with van der Waals surface area (Å²) in [7, 11) is 0. The second-order valence-corrected chi connectivity index (χ2v) is 6.67. The van der Waals surface area contributed by atoms with Crippen molar-refractivity contribution >= 4 is 17.6 Å². The largest absolute Gasteiger partial charge is 0.382 e. The van der Waals surface area contributed by atoms with Crippen molar-refractivity contribution in [3.63, 3.8) is 0 Å². The second kappa shape index (κ2) is 7.57. The minimum Gasteiger partial charge on any atom is -0.382 e. The number of nitrogens with one attached hydrogen (secondary N) is 2.